The molecule has 114 valence electrons. The highest BCUT2D eigenvalue weighted by Gasteiger charge is 2.19. The lowest BCUT2D eigenvalue weighted by Gasteiger charge is -2.13. The zero-order valence-electron chi connectivity index (χ0n) is 12.5. The lowest BCUT2D eigenvalue weighted by atomic mass is 10.1. The third kappa shape index (κ3) is 2.84. The first-order valence-electron chi connectivity index (χ1n) is 7.03. The van der Waals surface area contributed by atoms with Gasteiger partial charge >= 0.3 is 0 Å². The number of fused-ring (bicyclic) bond motifs is 1. The smallest absolute Gasteiger partial charge is 0.242 e. The molecule has 3 aromatic rings. The zero-order chi connectivity index (χ0) is 15.5. The van der Waals surface area contributed by atoms with Crippen molar-refractivity contribution < 1.29 is 4.79 Å². The lowest BCUT2D eigenvalue weighted by Crippen LogP contribution is -2.35. The number of hydrogen-bond donors (Lipinski definition) is 2. The summed E-state index contributed by atoms with van der Waals surface area (Å²) in [6, 6.07) is 5.38. The van der Waals surface area contributed by atoms with E-state index in [0.29, 0.717) is 6.54 Å². The number of carbonyl (C=O) groups excluding carboxylic acids is 1. The molecule has 0 spiro atoms. The summed E-state index contributed by atoms with van der Waals surface area (Å²) in [6.07, 6.45) is 7.35. The number of rotatable bonds is 5. The molecule has 7 heteroatoms. The second kappa shape index (κ2) is 5.98. The summed E-state index contributed by atoms with van der Waals surface area (Å²) in [7, 11) is 3.58. The van der Waals surface area contributed by atoms with Crippen molar-refractivity contribution in [2.75, 3.05) is 7.05 Å². The lowest BCUT2D eigenvalue weighted by molar-refractivity contribution is -0.123. The molecule has 1 unspecified atom stereocenters. The standard InChI is InChI=1S/C15H18N6O/c1-16-14(11-7-18-20(2)9-11)15(22)17-8-12-10-21-6-4-3-5-13(21)19-12/h3-7,9-10,14,16H,8H2,1-2H3,(H,17,22). The van der Waals surface area contributed by atoms with Gasteiger partial charge in [-0.1, -0.05) is 6.07 Å². The molecule has 0 saturated carbocycles. The minimum atomic E-state index is -0.425. The number of nitrogens with zero attached hydrogens (tertiary/aromatic N) is 4. The molecule has 0 bridgehead atoms. The van der Waals surface area contributed by atoms with E-state index in [-0.39, 0.29) is 5.91 Å². The van der Waals surface area contributed by atoms with Crippen LogP contribution in [-0.4, -0.2) is 32.1 Å². The minimum Gasteiger partial charge on any atom is -0.349 e. The number of imidazole rings is 1. The van der Waals surface area contributed by atoms with E-state index < -0.39 is 6.04 Å². The van der Waals surface area contributed by atoms with Crippen LogP contribution in [0.15, 0.2) is 43.0 Å². The van der Waals surface area contributed by atoms with Crippen LogP contribution in [0.25, 0.3) is 5.65 Å². The number of amides is 1. The third-order valence-corrected chi connectivity index (χ3v) is 3.47. The van der Waals surface area contributed by atoms with Gasteiger partial charge in [0.05, 0.1) is 18.4 Å². The van der Waals surface area contributed by atoms with Crippen LogP contribution in [0.2, 0.25) is 0 Å². The Hall–Kier alpha value is -2.67. The molecule has 0 radical (unpaired) electrons. The normalized spacial score (nSPS) is 12.5. The van der Waals surface area contributed by atoms with Crippen molar-refractivity contribution in [2.24, 2.45) is 7.05 Å². The summed E-state index contributed by atoms with van der Waals surface area (Å²) < 4.78 is 3.60. The van der Waals surface area contributed by atoms with Gasteiger partial charge in [-0.25, -0.2) is 4.98 Å². The van der Waals surface area contributed by atoms with E-state index in [2.05, 4.69) is 20.7 Å². The Labute approximate surface area is 128 Å². The molecule has 0 saturated heterocycles. The summed E-state index contributed by atoms with van der Waals surface area (Å²) in [5, 5.41) is 10.0. The second-order valence-corrected chi connectivity index (χ2v) is 5.09. The van der Waals surface area contributed by atoms with Gasteiger partial charge in [0, 0.05) is 31.2 Å². The maximum absolute atomic E-state index is 12.3. The molecular formula is C15H18N6O. The molecule has 3 heterocycles. The van der Waals surface area contributed by atoms with Gasteiger partial charge in [-0.05, 0) is 19.2 Å². The van der Waals surface area contributed by atoms with E-state index >= 15 is 0 Å². The number of aryl methyl sites for hydroxylation is 1. The Morgan fingerprint density at radius 3 is 2.91 bits per heavy atom. The Balaban J connectivity index is 1.68. The van der Waals surface area contributed by atoms with Gasteiger partial charge in [-0.2, -0.15) is 5.10 Å². The predicted molar refractivity (Wildman–Crippen MR) is 82.0 cm³/mol. The average Bonchev–Trinajstić information content (AvgIpc) is 3.12. The SMILES string of the molecule is CNC(C(=O)NCc1cn2ccccc2n1)c1cnn(C)c1. The highest BCUT2D eigenvalue weighted by Crippen LogP contribution is 2.11. The molecule has 1 atom stereocenters. The largest absolute Gasteiger partial charge is 0.349 e. The molecule has 22 heavy (non-hydrogen) atoms. The summed E-state index contributed by atoms with van der Waals surface area (Å²) in [5.74, 6) is -0.104. The van der Waals surface area contributed by atoms with Crippen LogP contribution in [0.1, 0.15) is 17.3 Å². The van der Waals surface area contributed by atoms with Crippen LogP contribution in [0.4, 0.5) is 0 Å². The van der Waals surface area contributed by atoms with Crippen molar-refractivity contribution in [3.63, 3.8) is 0 Å². The fraction of sp³-hybridized carbons (Fsp3) is 0.267. The maximum atomic E-state index is 12.3. The molecule has 1 amide bonds. The Morgan fingerprint density at radius 1 is 1.36 bits per heavy atom. The third-order valence-electron chi connectivity index (χ3n) is 3.47. The molecule has 7 nitrogen and oxygen atoms in total. The van der Waals surface area contributed by atoms with Crippen LogP contribution in [0, 0.1) is 0 Å². The van der Waals surface area contributed by atoms with Gasteiger partial charge in [-0.15, -0.1) is 0 Å². The highest BCUT2D eigenvalue weighted by atomic mass is 16.2. The van der Waals surface area contributed by atoms with Gasteiger partial charge in [0.15, 0.2) is 0 Å². The van der Waals surface area contributed by atoms with Crippen molar-refractivity contribution in [1.29, 1.82) is 0 Å². The Kier molecular flexibility index (Phi) is 3.88. The molecule has 0 fully saturated rings. The quantitative estimate of drug-likeness (QED) is 0.725. The Morgan fingerprint density at radius 2 is 2.23 bits per heavy atom. The summed E-state index contributed by atoms with van der Waals surface area (Å²) >= 11 is 0. The first kappa shape index (κ1) is 14.3. The minimum absolute atomic E-state index is 0.104. The average molecular weight is 298 g/mol. The zero-order valence-corrected chi connectivity index (χ0v) is 12.5. The number of nitrogens with one attached hydrogen (secondary N) is 2. The number of carbonyl (C=O) groups is 1. The summed E-state index contributed by atoms with van der Waals surface area (Å²) in [5.41, 5.74) is 2.52. The van der Waals surface area contributed by atoms with Crippen molar-refractivity contribution in [1.82, 2.24) is 29.8 Å². The van der Waals surface area contributed by atoms with Crippen LogP contribution in [0.3, 0.4) is 0 Å². The number of aromatic nitrogens is 4. The van der Waals surface area contributed by atoms with Gasteiger partial charge in [0.1, 0.15) is 11.7 Å². The Bertz CT molecular complexity index is 757. The van der Waals surface area contributed by atoms with E-state index in [1.54, 1.807) is 17.9 Å². The van der Waals surface area contributed by atoms with Crippen LogP contribution >= 0.6 is 0 Å². The molecule has 0 aromatic carbocycles. The first-order chi connectivity index (χ1) is 10.7. The molecule has 2 N–H and O–H groups in total. The summed E-state index contributed by atoms with van der Waals surface area (Å²) in [4.78, 5) is 16.8. The molecule has 3 rings (SSSR count). The van der Waals surface area contributed by atoms with Gasteiger partial charge in [0.25, 0.3) is 0 Å². The van der Waals surface area contributed by atoms with Crippen molar-refractivity contribution >= 4 is 11.6 Å². The van der Waals surface area contributed by atoms with Crippen molar-refractivity contribution in [2.45, 2.75) is 12.6 Å². The van der Waals surface area contributed by atoms with Crippen LogP contribution < -0.4 is 10.6 Å². The van der Waals surface area contributed by atoms with Crippen LogP contribution in [0.5, 0.6) is 0 Å². The number of hydrogen-bond acceptors (Lipinski definition) is 4. The second-order valence-electron chi connectivity index (χ2n) is 5.09. The maximum Gasteiger partial charge on any atom is 0.242 e. The predicted octanol–water partition coefficient (Wildman–Crippen LogP) is 0.645. The van der Waals surface area contributed by atoms with E-state index in [0.717, 1.165) is 16.9 Å². The molecule has 0 aliphatic carbocycles. The fourth-order valence-corrected chi connectivity index (χ4v) is 2.39. The number of pyridine rings is 1. The van der Waals surface area contributed by atoms with E-state index in [1.165, 1.54) is 0 Å². The van der Waals surface area contributed by atoms with Gasteiger partial charge in [0.2, 0.25) is 5.91 Å². The molecule has 3 aromatic heterocycles. The monoisotopic (exact) mass is 298 g/mol. The van der Waals surface area contributed by atoms with E-state index in [1.807, 2.05) is 48.2 Å². The molecule has 0 aliphatic rings. The topological polar surface area (TPSA) is 76.2 Å². The van der Waals surface area contributed by atoms with Crippen molar-refractivity contribution in [3.8, 4) is 0 Å². The van der Waals surface area contributed by atoms with Gasteiger partial charge < -0.3 is 15.0 Å². The highest BCUT2D eigenvalue weighted by molar-refractivity contribution is 5.82. The molecular weight excluding hydrogens is 280 g/mol. The van der Waals surface area contributed by atoms with Gasteiger partial charge in [-0.3, -0.25) is 9.48 Å². The van der Waals surface area contributed by atoms with Crippen LogP contribution in [-0.2, 0) is 18.4 Å². The summed E-state index contributed by atoms with van der Waals surface area (Å²) in [6.45, 7) is 0.388. The van der Waals surface area contributed by atoms with Crippen molar-refractivity contribution in [3.05, 3.63) is 54.2 Å². The first-order valence-corrected chi connectivity index (χ1v) is 7.03. The fourth-order valence-electron chi connectivity index (χ4n) is 2.39. The number of likely N-dealkylation sites (N-methyl/N-ethyl adjacent to an activating group) is 1. The molecule has 0 aliphatic heterocycles. The van der Waals surface area contributed by atoms with E-state index in [9.17, 15) is 4.79 Å². The van der Waals surface area contributed by atoms with E-state index in [4.69, 9.17) is 0 Å².